The minimum Gasteiger partial charge on any atom is -0.457 e. The fraction of sp³-hybridized carbons (Fsp3) is 0.875. The average Bonchev–Trinajstić information content (AvgIpc) is 2.18. The molecule has 0 spiro atoms. The second kappa shape index (κ2) is 3.21. The molecule has 1 heterocycles. The molecule has 0 aliphatic carbocycles. The van der Waals surface area contributed by atoms with Gasteiger partial charge in [-0.15, -0.1) is 0 Å². The molecule has 9 heavy (non-hydrogen) atoms. The molecule has 0 aromatic heterocycles. The number of hydrogen-bond donors (Lipinski definition) is 0. The first-order valence-corrected chi connectivity index (χ1v) is 3.91. The van der Waals surface area contributed by atoms with E-state index in [0.717, 1.165) is 6.04 Å². The van der Waals surface area contributed by atoms with Crippen molar-refractivity contribution >= 4 is 0 Å². The molecular weight excluding hydrogens is 110 g/mol. The maximum Gasteiger partial charge on any atom is -0.0184 e. The molecule has 1 heteroatoms. The van der Waals surface area contributed by atoms with Crippen molar-refractivity contribution in [2.24, 2.45) is 0 Å². The van der Waals surface area contributed by atoms with Crippen molar-refractivity contribution in [1.29, 1.82) is 0 Å². The van der Waals surface area contributed by atoms with Crippen LogP contribution in [0.1, 0.15) is 32.6 Å². The normalized spacial score (nSPS) is 29.3. The highest BCUT2D eigenvalue weighted by Gasteiger charge is 2.14. The monoisotopic (exact) mass is 126 g/mol. The zero-order chi connectivity index (χ0) is 6.69. The second-order valence-corrected chi connectivity index (χ2v) is 2.90. The van der Waals surface area contributed by atoms with Crippen LogP contribution in [0.25, 0.3) is 0 Å². The van der Waals surface area contributed by atoms with E-state index in [1.807, 2.05) is 0 Å². The lowest BCUT2D eigenvalue weighted by Crippen LogP contribution is -2.21. The summed E-state index contributed by atoms with van der Waals surface area (Å²) in [4.78, 5) is 2.24. The van der Waals surface area contributed by atoms with E-state index >= 15 is 0 Å². The lowest BCUT2D eigenvalue weighted by Gasteiger charge is -2.26. The molecule has 1 fully saturated rings. The largest absolute Gasteiger partial charge is 0.457 e. The van der Waals surface area contributed by atoms with Gasteiger partial charge in [0.05, 0.1) is 0 Å². The third-order valence-corrected chi connectivity index (χ3v) is 2.12. The van der Waals surface area contributed by atoms with Crippen LogP contribution in [0, 0.1) is 7.05 Å². The Morgan fingerprint density at radius 2 is 2.44 bits per heavy atom. The average molecular weight is 126 g/mol. The molecule has 1 nitrogen and oxygen atoms in total. The van der Waals surface area contributed by atoms with E-state index < -0.39 is 0 Å². The fourth-order valence-electron chi connectivity index (χ4n) is 1.56. The van der Waals surface area contributed by atoms with Gasteiger partial charge in [0.25, 0.3) is 0 Å². The number of nitrogens with zero attached hydrogens (tertiary/aromatic N) is 1. The second-order valence-electron chi connectivity index (χ2n) is 2.90. The summed E-state index contributed by atoms with van der Waals surface area (Å²) in [6.07, 6.45) is 5.37. The van der Waals surface area contributed by atoms with Crippen molar-refractivity contribution in [1.82, 2.24) is 4.90 Å². The summed E-state index contributed by atoms with van der Waals surface area (Å²) in [6.45, 7) is 3.46. The Kier molecular flexibility index (Phi) is 2.52. The van der Waals surface area contributed by atoms with Gasteiger partial charge in [0.1, 0.15) is 0 Å². The highest BCUT2D eigenvalue weighted by molar-refractivity contribution is 4.77. The lowest BCUT2D eigenvalue weighted by molar-refractivity contribution is 0.325. The lowest BCUT2D eigenvalue weighted by atomic mass is 10.1. The number of likely N-dealkylation sites (tertiary alicyclic amines) is 1. The van der Waals surface area contributed by atoms with Gasteiger partial charge >= 0.3 is 0 Å². The minimum absolute atomic E-state index is 0.801. The van der Waals surface area contributed by atoms with Crippen LogP contribution in [0.3, 0.4) is 0 Å². The van der Waals surface area contributed by atoms with E-state index in [9.17, 15) is 0 Å². The summed E-state index contributed by atoms with van der Waals surface area (Å²) in [5.74, 6) is 0. The summed E-state index contributed by atoms with van der Waals surface area (Å²) in [6, 6.07) is 0.801. The Bertz CT molecular complexity index is 80.6. The molecule has 1 saturated heterocycles. The Hall–Kier alpha value is -0.0400. The van der Waals surface area contributed by atoms with Gasteiger partial charge in [-0.3, -0.25) is 7.05 Å². The first-order valence-electron chi connectivity index (χ1n) is 3.91. The van der Waals surface area contributed by atoms with Gasteiger partial charge in [-0.25, -0.2) is 0 Å². The number of rotatable bonds is 2. The third-order valence-electron chi connectivity index (χ3n) is 2.12. The molecule has 0 saturated carbocycles. The molecule has 54 valence electrons. The molecule has 0 bridgehead atoms. The maximum absolute atomic E-state index is 3.97. The van der Waals surface area contributed by atoms with Gasteiger partial charge in [0.2, 0.25) is 0 Å². The summed E-state index contributed by atoms with van der Waals surface area (Å²) in [7, 11) is 3.97. The van der Waals surface area contributed by atoms with Crippen molar-refractivity contribution in [2.45, 2.75) is 38.6 Å². The molecule has 0 amide bonds. The van der Waals surface area contributed by atoms with Crippen molar-refractivity contribution in [2.75, 3.05) is 6.54 Å². The summed E-state index contributed by atoms with van der Waals surface area (Å²) < 4.78 is 0. The molecule has 1 rings (SSSR count). The molecule has 1 unspecified atom stereocenters. The topological polar surface area (TPSA) is 3.24 Å². The molecule has 0 aromatic rings. The van der Waals surface area contributed by atoms with E-state index in [2.05, 4.69) is 18.9 Å². The van der Waals surface area contributed by atoms with Crippen LogP contribution >= 0.6 is 0 Å². The predicted molar refractivity (Wildman–Crippen MR) is 40.0 cm³/mol. The molecule has 1 aliphatic heterocycles. The highest BCUT2D eigenvalue weighted by Crippen LogP contribution is 2.19. The van der Waals surface area contributed by atoms with Gasteiger partial charge in [0.15, 0.2) is 0 Å². The van der Waals surface area contributed by atoms with Crippen LogP contribution in [-0.4, -0.2) is 17.5 Å². The van der Waals surface area contributed by atoms with Gasteiger partial charge in [-0.05, 0) is 31.8 Å². The summed E-state index contributed by atoms with van der Waals surface area (Å²) in [5, 5.41) is 0. The van der Waals surface area contributed by atoms with E-state index in [1.54, 1.807) is 0 Å². The quantitative estimate of drug-likeness (QED) is 0.512. The van der Waals surface area contributed by atoms with Crippen LogP contribution in [0.2, 0.25) is 0 Å². The Balaban J connectivity index is 2.22. The van der Waals surface area contributed by atoms with E-state index in [1.165, 1.54) is 32.2 Å². The summed E-state index contributed by atoms with van der Waals surface area (Å²) in [5.41, 5.74) is 0. The van der Waals surface area contributed by atoms with Crippen LogP contribution in [0.4, 0.5) is 0 Å². The van der Waals surface area contributed by atoms with E-state index in [4.69, 9.17) is 0 Å². The van der Waals surface area contributed by atoms with Crippen LogP contribution in [-0.2, 0) is 0 Å². The first kappa shape index (κ1) is 7.07. The van der Waals surface area contributed by atoms with Gasteiger partial charge in [-0.2, -0.15) is 0 Å². The third kappa shape index (κ3) is 1.68. The zero-order valence-corrected chi connectivity index (χ0v) is 6.27. The Morgan fingerprint density at radius 1 is 1.67 bits per heavy atom. The Labute approximate surface area is 58.0 Å². The molecular formula is C8H16N-. The van der Waals surface area contributed by atoms with E-state index in [0.29, 0.717) is 0 Å². The van der Waals surface area contributed by atoms with Gasteiger partial charge in [0, 0.05) is 0 Å². The minimum atomic E-state index is 0.801. The smallest absolute Gasteiger partial charge is 0.0184 e. The number of hydrogen-bond acceptors (Lipinski definition) is 1. The zero-order valence-electron chi connectivity index (χ0n) is 6.27. The van der Waals surface area contributed by atoms with Crippen molar-refractivity contribution < 1.29 is 0 Å². The SMILES string of the molecule is [CH2-]N1CCCC1CCC. The summed E-state index contributed by atoms with van der Waals surface area (Å²) >= 11 is 0. The fourth-order valence-corrected chi connectivity index (χ4v) is 1.56. The van der Waals surface area contributed by atoms with Crippen molar-refractivity contribution in [3.8, 4) is 0 Å². The molecule has 0 radical (unpaired) electrons. The van der Waals surface area contributed by atoms with Crippen LogP contribution in [0.15, 0.2) is 0 Å². The first-order chi connectivity index (χ1) is 4.34. The molecule has 0 N–H and O–H groups in total. The predicted octanol–water partition coefficient (Wildman–Crippen LogP) is 2.04. The van der Waals surface area contributed by atoms with Crippen molar-refractivity contribution in [3.05, 3.63) is 7.05 Å². The van der Waals surface area contributed by atoms with Crippen LogP contribution in [0.5, 0.6) is 0 Å². The standard InChI is InChI=1S/C8H16N/c1-3-5-8-6-4-7-9(8)2/h8H,2-7H2,1H3/q-1. The van der Waals surface area contributed by atoms with Gasteiger partial charge in [-0.1, -0.05) is 13.3 Å². The maximum atomic E-state index is 3.97. The highest BCUT2D eigenvalue weighted by atomic mass is 15.1. The molecule has 1 aliphatic rings. The molecule has 0 aromatic carbocycles. The van der Waals surface area contributed by atoms with E-state index in [-0.39, 0.29) is 0 Å². The van der Waals surface area contributed by atoms with Crippen LogP contribution < -0.4 is 0 Å². The Morgan fingerprint density at radius 3 is 2.89 bits per heavy atom. The molecule has 1 atom stereocenters. The van der Waals surface area contributed by atoms with Crippen molar-refractivity contribution in [3.63, 3.8) is 0 Å². The van der Waals surface area contributed by atoms with Gasteiger partial charge < -0.3 is 4.90 Å².